The van der Waals surface area contributed by atoms with E-state index in [-0.39, 0.29) is 11.3 Å². The van der Waals surface area contributed by atoms with E-state index in [4.69, 9.17) is 4.74 Å². The van der Waals surface area contributed by atoms with Gasteiger partial charge < -0.3 is 15.4 Å². The molecule has 1 aliphatic rings. The fraction of sp³-hybridized carbons (Fsp3) is 0.524. The van der Waals surface area contributed by atoms with Crippen LogP contribution in [0.5, 0.6) is 5.75 Å². The normalized spacial score (nSPS) is 13.9. The molecule has 2 aromatic rings. The van der Waals surface area contributed by atoms with E-state index < -0.39 is 0 Å². The second kappa shape index (κ2) is 8.66. The summed E-state index contributed by atoms with van der Waals surface area (Å²) in [5, 5.41) is 10.8. The fourth-order valence-corrected chi connectivity index (χ4v) is 3.77. The van der Waals surface area contributed by atoms with Gasteiger partial charge in [0.25, 0.3) is 0 Å². The number of halogens is 1. The highest BCUT2D eigenvalue weighted by molar-refractivity contribution is 9.10. The minimum Gasteiger partial charge on any atom is -0.492 e. The highest BCUT2D eigenvalue weighted by Gasteiger charge is 2.20. The molecule has 2 N–H and O–H groups in total. The summed E-state index contributed by atoms with van der Waals surface area (Å²) in [7, 11) is 1.87. The number of aryl methyl sites for hydroxylation is 1. The van der Waals surface area contributed by atoms with Crippen molar-refractivity contribution in [1.29, 1.82) is 0 Å². The predicted octanol–water partition coefficient (Wildman–Crippen LogP) is 3.92. The molecule has 6 nitrogen and oxygen atoms in total. The van der Waals surface area contributed by atoms with Crippen molar-refractivity contribution < 1.29 is 9.53 Å². The zero-order valence-electron chi connectivity index (χ0n) is 17.1. The molecule has 28 heavy (non-hydrogen) atoms. The van der Waals surface area contributed by atoms with Gasteiger partial charge in [0.05, 0.1) is 16.8 Å². The average Bonchev–Trinajstić information content (AvgIpc) is 2.94. The van der Waals surface area contributed by atoms with Gasteiger partial charge >= 0.3 is 0 Å². The summed E-state index contributed by atoms with van der Waals surface area (Å²) in [5.41, 5.74) is 3.52. The summed E-state index contributed by atoms with van der Waals surface area (Å²) in [4.78, 5) is 12.3. The zero-order valence-corrected chi connectivity index (χ0v) is 18.6. The lowest BCUT2D eigenvalue weighted by Crippen LogP contribution is -2.24. The minimum atomic E-state index is -0.0119. The second-order valence-corrected chi connectivity index (χ2v) is 9.07. The van der Waals surface area contributed by atoms with Crippen molar-refractivity contribution >= 4 is 27.7 Å². The summed E-state index contributed by atoms with van der Waals surface area (Å²) < 4.78 is 8.56. The molecule has 0 fully saturated rings. The molecule has 0 atom stereocenters. The molecule has 2 heterocycles. The lowest BCUT2D eigenvalue weighted by molar-refractivity contribution is -0.116. The highest BCUT2D eigenvalue weighted by atomic mass is 79.9. The second-order valence-electron chi connectivity index (χ2n) is 8.22. The Balaban J connectivity index is 1.48. The van der Waals surface area contributed by atoms with Crippen LogP contribution in [0.15, 0.2) is 22.7 Å². The lowest BCUT2D eigenvalue weighted by atomic mass is 9.87. The Morgan fingerprint density at radius 2 is 2.18 bits per heavy atom. The molecule has 0 saturated heterocycles. The summed E-state index contributed by atoms with van der Waals surface area (Å²) in [6.07, 6.45) is 1.96. The van der Waals surface area contributed by atoms with Crippen molar-refractivity contribution in [2.24, 2.45) is 7.05 Å². The molecule has 1 aromatic carbocycles. The third-order valence-electron chi connectivity index (χ3n) is 4.93. The first-order chi connectivity index (χ1) is 13.3. The van der Waals surface area contributed by atoms with Crippen molar-refractivity contribution in [2.75, 3.05) is 18.5 Å². The maximum absolute atomic E-state index is 12.3. The first kappa shape index (κ1) is 20.9. The Bertz CT molecular complexity index is 855. The van der Waals surface area contributed by atoms with Gasteiger partial charge in [0.1, 0.15) is 11.6 Å². The number of hydrogen-bond donors (Lipinski definition) is 2. The summed E-state index contributed by atoms with van der Waals surface area (Å²) in [6, 6.07) is 6.17. The van der Waals surface area contributed by atoms with Crippen molar-refractivity contribution in [3.8, 4) is 5.75 Å². The monoisotopic (exact) mass is 448 g/mol. The van der Waals surface area contributed by atoms with E-state index in [0.717, 1.165) is 46.8 Å². The molecular formula is C21H29BrN4O2. The smallest absolute Gasteiger partial charge is 0.225 e. The van der Waals surface area contributed by atoms with Crippen LogP contribution < -0.4 is 15.4 Å². The first-order valence-corrected chi connectivity index (χ1v) is 10.5. The number of carbonyl (C=O) groups is 1. The molecule has 0 aliphatic carbocycles. The lowest BCUT2D eigenvalue weighted by Gasteiger charge is -2.20. The number of amides is 1. The molecule has 0 saturated carbocycles. The van der Waals surface area contributed by atoms with E-state index in [2.05, 4.69) is 64.6 Å². The Hall–Kier alpha value is -1.86. The van der Waals surface area contributed by atoms with Gasteiger partial charge in [-0.1, -0.05) is 26.8 Å². The number of hydrogen-bond acceptors (Lipinski definition) is 4. The Morgan fingerprint density at radius 1 is 1.39 bits per heavy atom. The van der Waals surface area contributed by atoms with Crippen LogP contribution in [0.1, 0.15) is 50.4 Å². The Labute approximate surface area is 175 Å². The number of anilines is 1. The maximum Gasteiger partial charge on any atom is 0.225 e. The van der Waals surface area contributed by atoms with E-state index in [1.807, 2.05) is 13.1 Å². The molecule has 0 bridgehead atoms. The first-order valence-electron chi connectivity index (χ1n) is 9.74. The molecular weight excluding hydrogens is 420 g/mol. The van der Waals surface area contributed by atoms with Crippen LogP contribution in [0, 0.1) is 0 Å². The molecule has 1 aliphatic heterocycles. The van der Waals surface area contributed by atoms with Crippen molar-refractivity contribution in [3.05, 3.63) is 39.5 Å². The molecule has 7 heteroatoms. The number of fused-ring (bicyclic) bond motifs is 1. The molecule has 0 unspecified atom stereocenters. The topological polar surface area (TPSA) is 68.2 Å². The quantitative estimate of drug-likeness (QED) is 0.656. The number of ether oxygens (including phenoxy) is 1. The fourth-order valence-electron chi connectivity index (χ4n) is 3.28. The van der Waals surface area contributed by atoms with Crippen LogP contribution in [-0.2, 0) is 30.2 Å². The van der Waals surface area contributed by atoms with Crippen LogP contribution in [0.25, 0.3) is 0 Å². The summed E-state index contributed by atoms with van der Waals surface area (Å²) in [5.74, 6) is 1.59. The summed E-state index contributed by atoms with van der Waals surface area (Å²) >= 11 is 3.58. The molecule has 152 valence electrons. The molecule has 0 spiro atoms. The van der Waals surface area contributed by atoms with Gasteiger partial charge in [-0.3, -0.25) is 9.48 Å². The third-order valence-corrected chi connectivity index (χ3v) is 5.55. The maximum atomic E-state index is 12.3. The van der Waals surface area contributed by atoms with Crippen molar-refractivity contribution in [1.82, 2.24) is 15.1 Å². The van der Waals surface area contributed by atoms with Crippen LogP contribution in [0.4, 0.5) is 5.82 Å². The van der Waals surface area contributed by atoms with Gasteiger partial charge in [-0.2, -0.15) is 5.10 Å². The number of aromatic nitrogens is 2. The number of nitrogens with zero attached hydrogens (tertiary/aromatic N) is 2. The average molecular weight is 449 g/mol. The van der Waals surface area contributed by atoms with E-state index in [1.165, 1.54) is 5.56 Å². The van der Waals surface area contributed by atoms with Gasteiger partial charge in [0.15, 0.2) is 0 Å². The molecule has 1 aromatic heterocycles. The van der Waals surface area contributed by atoms with Gasteiger partial charge in [0.2, 0.25) is 5.91 Å². The molecule has 3 rings (SSSR count). The van der Waals surface area contributed by atoms with E-state index in [1.54, 1.807) is 4.68 Å². The number of benzene rings is 1. The van der Waals surface area contributed by atoms with Gasteiger partial charge in [-0.25, -0.2) is 0 Å². The van der Waals surface area contributed by atoms with E-state index >= 15 is 0 Å². The SMILES string of the molecule is Cn1nc2c(c1NC(=O)CCCOc1ccc(C(C)(C)C)cc1Br)CNCC2. The van der Waals surface area contributed by atoms with Crippen LogP contribution in [-0.4, -0.2) is 28.8 Å². The number of nitrogens with one attached hydrogen (secondary N) is 2. The number of rotatable bonds is 6. The molecule has 0 radical (unpaired) electrons. The minimum absolute atomic E-state index is 0.0119. The number of carbonyl (C=O) groups excluding carboxylic acids is 1. The molecule has 1 amide bonds. The Kier molecular flexibility index (Phi) is 6.45. The van der Waals surface area contributed by atoms with Crippen molar-refractivity contribution in [2.45, 2.75) is 52.0 Å². The van der Waals surface area contributed by atoms with Crippen LogP contribution in [0.2, 0.25) is 0 Å². The largest absolute Gasteiger partial charge is 0.492 e. The van der Waals surface area contributed by atoms with Gasteiger partial charge in [-0.05, 0) is 45.5 Å². The standard InChI is InChI=1S/C21H29BrN4O2/c1-21(2,3)14-7-8-18(16(22)12-14)28-11-5-6-19(27)24-20-15-13-23-10-9-17(15)25-26(20)4/h7-8,12,23H,5-6,9-11,13H2,1-4H3,(H,24,27). The van der Waals surface area contributed by atoms with E-state index in [9.17, 15) is 4.79 Å². The Morgan fingerprint density at radius 3 is 2.89 bits per heavy atom. The van der Waals surface area contributed by atoms with E-state index in [0.29, 0.717) is 19.4 Å². The van der Waals surface area contributed by atoms with Crippen molar-refractivity contribution in [3.63, 3.8) is 0 Å². The highest BCUT2D eigenvalue weighted by Crippen LogP contribution is 2.31. The van der Waals surface area contributed by atoms with Crippen LogP contribution >= 0.6 is 15.9 Å². The van der Waals surface area contributed by atoms with Gasteiger partial charge in [-0.15, -0.1) is 0 Å². The third kappa shape index (κ3) is 4.94. The predicted molar refractivity (Wildman–Crippen MR) is 115 cm³/mol. The van der Waals surface area contributed by atoms with Gasteiger partial charge in [0, 0.05) is 38.5 Å². The summed E-state index contributed by atoms with van der Waals surface area (Å²) in [6.45, 7) is 8.73. The van der Waals surface area contributed by atoms with Crippen LogP contribution in [0.3, 0.4) is 0 Å². The zero-order chi connectivity index (χ0) is 20.3.